The topological polar surface area (TPSA) is 109 Å². The van der Waals surface area contributed by atoms with Gasteiger partial charge in [-0.25, -0.2) is 5.43 Å². The number of hydrogen-bond acceptors (Lipinski definition) is 5. The number of carbonyl (C=O) groups excluding carboxylic acids is 3. The number of benzene rings is 2. The third-order valence-corrected chi connectivity index (χ3v) is 4.66. The molecule has 0 aliphatic carbocycles. The monoisotopic (exact) mass is 498 g/mol. The van der Waals surface area contributed by atoms with Crippen molar-refractivity contribution >= 4 is 41.2 Å². The van der Waals surface area contributed by atoms with Crippen LogP contribution in [0.5, 0.6) is 5.75 Å². The first kappa shape index (κ1) is 26.7. The lowest BCUT2D eigenvalue weighted by molar-refractivity contribution is -0.139. The van der Waals surface area contributed by atoms with Gasteiger partial charge in [-0.15, -0.1) is 0 Å². The Labute approximate surface area is 198 Å². The second-order valence-electron chi connectivity index (χ2n) is 7.09. The zero-order valence-corrected chi connectivity index (χ0v) is 19.0. The summed E-state index contributed by atoms with van der Waals surface area (Å²) in [6.07, 6.45) is -2.61. The van der Waals surface area contributed by atoms with E-state index in [0.29, 0.717) is 12.0 Å². The second kappa shape index (κ2) is 12.0. The Kier molecular flexibility index (Phi) is 9.43. The molecule has 0 aromatic heterocycles. The van der Waals surface area contributed by atoms with Crippen LogP contribution in [0.1, 0.15) is 31.4 Å². The number of carbonyl (C=O) groups is 3. The Morgan fingerprint density at radius 3 is 2.53 bits per heavy atom. The maximum Gasteiger partial charge on any atom is 0.416 e. The van der Waals surface area contributed by atoms with Gasteiger partial charge in [0.2, 0.25) is 0 Å². The summed E-state index contributed by atoms with van der Waals surface area (Å²) in [5, 5.41) is 8.62. The Balaban J connectivity index is 1.88. The van der Waals surface area contributed by atoms with Crippen LogP contribution in [0, 0.1) is 0 Å². The number of hydrazone groups is 1. The molecule has 0 fully saturated rings. The lowest BCUT2D eigenvalue weighted by Crippen LogP contribution is -2.41. The van der Waals surface area contributed by atoms with Gasteiger partial charge in [0.25, 0.3) is 5.91 Å². The molecule has 0 unspecified atom stereocenters. The van der Waals surface area contributed by atoms with E-state index in [4.69, 9.17) is 16.3 Å². The van der Waals surface area contributed by atoms with Crippen molar-refractivity contribution < 1.29 is 32.3 Å². The molecular formula is C22H22ClF3N4O4. The van der Waals surface area contributed by atoms with Crippen LogP contribution in [0.3, 0.4) is 0 Å². The van der Waals surface area contributed by atoms with E-state index in [1.54, 1.807) is 6.92 Å². The van der Waals surface area contributed by atoms with Crippen LogP contribution in [-0.4, -0.2) is 36.6 Å². The number of rotatable bonds is 8. The highest BCUT2D eigenvalue weighted by Gasteiger charge is 2.30. The quantitative estimate of drug-likeness (QED) is 0.292. The lowest BCUT2D eigenvalue weighted by atomic mass is 10.2. The van der Waals surface area contributed by atoms with E-state index in [1.807, 2.05) is 6.92 Å². The van der Waals surface area contributed by atoms with Gasteiger partial charge < -0.3 is 15.4 Å². The average Bonchev–Trinajstić information content (AvgIpc) is 2.77. The second-order valence-corrected chi connectivity index (χ2v) is 7.49. The zero-order valence-electron chi connectivity index (χ0n) is 18.2. The van der Waals surface area contributed by atoms with E-state index in [0.717, 1.165) is 12.1 Å². The van der Waals surface area contributed by atoms with E-state index >= 15 is 0 Å². The molecule has 0 saturated heterocycles. The molecule has 2 rings (SSSR count). The van der Waals surface area contributed by atoms with Crippen LogP contribution in [0.2, 0.25) is 5.02 Å². The summed E-state index contributed by atoms with van der Waals surface area (Å²) in [5.41, 5.74) is 1.64. The molecule has 0 radical (unpaired) electrons. The van der Waals surface area contributed by atoms with Gasteiger partial charge in [-0.3, -0.25) is 14.4 Å². The third kappa shape index (κ3) is 8.39. The number of ether oxygens (including phenoxy) is 1. The highest BCUT2D eigenvalue weighted by Crippen LogP contribution is 2.30. The van der Waals surface area contributed by atoms with Gasteiger partial charge in [-0.2, -0.15) is 18.3 Å². The van der Waals surface area contributed by atoms with Crippen molar-refractivity contribution in [2.24, 2.45) is 5.10 Å². The summed E-state index contributed by atoms with van der Waals surface area (Å²) in [4.78, 5) is 35.3. The van der Waals surface area contributed by atoms with Gasteiger partial charge >= 0.3 is 18.0 Å². The number of anilines is 1. The first-order chi connectivity index (χ1) is 16.0. The number of amides is 3. The molecule has 0 aliphatic heterocycles. The molecule has 8 nitrogen and oxygen atoms in total. The molecule has 0 aliphatic rings. The summed E-state index contributed by atoms with van der Waals surface area (Å²) in [5.74, 6) is -2.26. The van der Waals surface area contributed by atoms with Crippen molar-refractivity contribution in [2.45, 2.75) is 32.5 Å². The van der Waals surface area contributed by atoms with Crippen LogP contribution in [0.4, 0.5) is 18.9 Å². The molecule has 0 bridgehead atoms. The third-order valence-electron chi connectivity index (χ3n) is 4.36. The number of alkyl halides is 3. The zero-order chi connectivity index (χ0) is 25.3. The maximum absolute atomic E-state index is 12.8. The van der Waals surface area contributed by atoms with Crippen molar-refractivity contribution in [3.63, 3.8) is 0 Å². The largest absolute Gasteiger partial charge is 0.482 e. The van der Waals surface area contributed by atoms with E-state index in [2.05, 4.69) is 21.2 Å². The summed E-state index contributed by atoms with van der Waals surface area (Å²) in [7, 11) is 0. The predicted molar refractivity (Wildman–Crippen MR) is 121 cm³/mol. The predicted octanol–water partition coefficient (Wildman–Crippen LogP) is 3.74. The lowest BCUT2D eigenvalue weighted by Gasteiger charge is -2.11. The van der Waals surface area contributed by atoms with Crippen molar-refractivity contribution in [1.82, 2.24) is 10.7 Å². The smallest absolute Gasteiger partial charge is 0.416 e. The fourth-order valence-corrected chi connectivity index (χ4v) is 2.68. The molecule has 0 saturated carbocycles. The number of halogens is 4. The average molecular weight is 499 g/mol. The van der Waals surface area contributed by atoms with Gasteiger partial charge in [0.05, 0.1) is 16.8 Å². The van der Waals surface area contributed by atoms with Gasteiger partial charge in [0, 0.05) is 11.7 Å². The Morgan fingerprint density at radius 1 is 1.15 bits per heavy atom. The summed E-state index contributed by atoms with van der Waals surface area (Å²) in [6.45, 7) is 3.13. The minimum Gasteiger partial charge on any atom is -0.482 e. The minimum absolute atomic E-state index is 0.0269. The highest BCUT2D eigenvalue weighted by molar-refractivity contribution is 6.35. The molecule has 0 spiro atoms. The van der Waals surface area contributed by atoms with Crippen LogP contribution in [0.15, 0.2) is 47.6 Å². The van der Waals surface area contributed by atoms with Crippen LogP contribution in [0.25, 0.3) is 0 Å². The molecule has 182 valence electrons. The number of nitrogens with zero attached hydrogens (tertiary/aromatic N) is 1. The van der Waals surface area contributed by atoms with Crippen molar-refractivity contribution in [1.29, 1.82) is 0 Å². The van der Waals surface area contributed by atoms with Crippen molar-refractivity contribution in [3.8, 4) is 5.75 Å². The summed E-state index contributed by atoms with van der Waals surface area (Å²) < 4.78 is 43.6. The van der Waals surface area contributed by atoms with E-state index in [9.17, 15) is 27.6 Å². The number of nitrogens with one attached hydrogen (secondary N) is 3. The van der Waals surface area contributed by atoms with E-state index < -0.39 is 36.1 Å². The fraction of sp³-hybridized carbons (Fsp3) is 0.273. The first-order valence-electron chi connectivity index (χ1n) is 10.0. The Bertz CT molecular complexity index is 1080. The normalized spacial score (nSPS) is 12.2. The van der Waals surface area contributed by atoms with E-state index in [-0.39, 0.29) is 22.5 Å². The van der Waals surface area contributed by atoms with Crippen molar-refractivity contribution in [2.75, 3.05) is 11.9 Å². The number of hydrogen-bond donors (Lipinski definition) is 3. The Hall–Kier alpha value is -3.60. The maximum atomic E-state index is 12.8. The molecule has 0 heterocycles. The summed E-state index contributed by atoms with van der Waals surface area (Å²) >= 11 is 6.11. The SMILES string of the molecule is CC[C@H](C)NC(=O)C(=O)N/N=C\c1ccc(OCC(=O)Nc2cccc(C(F)(F)F)c2)c(Cl)c1. The Morgan fingerprint density at radius 2 is 1.88 bits per heavy atom. The van der Waals surface area contributed by atoms with Crippen LogP contribution in [-0.2, 0) is 20.6 Å². The highest BCUT2D eigenvalue weighted by atomic mass is 35.5. The van der Waals surface area contributed by atoms with Gasteiger partial charge in [-0.1, -0.05) is 24.6 Å². The molecule has 34 heavy (non-hydrogen) atoms. The molecular weight excluding hydrogens is 477 g/mol. The summed E-state index contributed by atoms with van der Waals surface area (Å²) in [6, 6.07) is 8.46. The first-order valence-corrected chi connectivity index (χ1v) is 10.4. The molecule has 3 N–H and O–H groups in total. The van der Waals surface area contributed by atoms with E-state index in [1.165, 1.54) is 36.5 Å². The van der Waals surface area contributed by atoms with Gasteiger partial charge in [0.15, 0.2) is 6.61 Å². The van der Waals surface area contributed by atoms with Crippen LogP contribution >= 0.6 is 11.6 Å². The minimum atomic E-state index is -4.53. The van der Waals surface area contributed by atoms with Crippen molar-refractivity contribution in [3.05, 3.63) is 58.6 Å². The molecule has 3 amide bonds. The van der Waals surface area contributed by atoms with Crippen LogP contribution < -0.4 is 20.8 Å². The molecule has 2 aromatic carbocycles. The standard InChI is InChI=1S/C22H22ClF3N4O4/c1-3-13(2)28-20(32)21(33)30-27-11-14-7-8-18(17(23)9-14)34-12-19(31)29-16-6-4-5-15(10-16)22(24,25)26/h4-11,13H,3,12H2,1-2H3,(H,28,32)(H,29,31)(H,30,33)/b27-11-/t13-/m0/s1. The molecule has 12 heteroatoms. The van der Waals surface area contributed by atoms with Gasteiger partial charge in [0.1, 0.15) is 5.75 Å². The molecule has 2 aromatic rings. The van der Waals surface area contributed by atoms with Gasteiger partial charge in [-0.05, 0) is 55.3 Å². The fourth-order valence-electron chi connectivity index (χ4n) is 2.44. The molecule has 1 atom stereocenters.